The maximum absolute atomic E-state index is 5.07. The Kier molecular flexibility index (Phi) is 8.40. The summed E-state index contributed by atoms with van der Waals surface area (Å²) in [7, 11) is 0. The standard InChI is InChI=1S/C61H38N4/c1-2-13-44(14-3-1)58-63-59(65-60(64-58)46-36-32-42(33-37-46)48-21-10-15-43-16-12-38-62-57(43)48)45-34-28-40(29-35-45)39-26-30-41(31-27-39)47-20-11-22-52-51-19-6-9-25-55(51)61(56(47)52)53-23-7-4-17-49(53)50-18-5-8-24-54(50)61/h1-38H. The Bertz CT molecular complexity index is 3560. The minimum atomic E-state index is -0.405. The van der Waals surface area contributed by atoms with Crippen molar-refractivity contribution in [1.82, 2.24) is 19.9 Å². The summed E-state index contributed by atoms with van der Waals surface area (Å²) in [6, 6.07) is 80.4. The van der Waals surface area contributed by atoms with Gasteiger partial charge in [-0.3, -0.25) is 4.98 Å². The van der Waals surface area contributed by atoms with Crippen molar-refractivity contribution in [3.8, 4) is 89.8 Å². The highest BCUT2D eigenvalue weighted by Gasteiger charge is 2.52. The molecular weight excluding hydrogens is 789 g/mol. The number of nitrogens with zero attached hydrogens (tertiary/aromatic N) is 4. The Morgan fingerprint density at radius 2 is 0.646 bits per heavy atom. The molecule has 0 saturated heterocycles. The smallest absolute Gasteiger partial charge is 0.164 e. The Morgan fingerprint density at radius 3 is 1.22 bits per heavy atom. The number of rotatable bonds is 6. The predicted molar refractivity (Wildman–Crippen MR) is 264 cm³/mol. The van der Waals surface area contributed by atoms with Gasteiger partial charge in [-0.25, -0.2) is 15.0 Å². The second-order valence-corrected chi connectivity index (χ2v) is 16.9. The third kappa shape index (κ3) is 5.77. The highest BCUT2D eigenvalue weighted by Crippen LogP contribution is 2.64. The van der Waals surface area contributed by atoms with E-state index < -0.39 is 5.41 Å². The summed E-state index contributed by atoms with van der Waals surface area (Å²) >= 11 is 0. The fourth-order valence-electron chi connectivity index (χ4n) is 10.5. The molecule has 9 aromatic carbocycles. The van der Waals surface area contributed by atoms with E-state index in [0.717, 1.165) is 49.8 Å². The van der Waals surface area contributed by atoms with Crippen LogP contribution in [0.4, 0.5) is 0 Å². The van der Waals surface area contributed by atoms with Gasteiger partial charge in [-0.1, -0.05) is 218 Å². The van der Waals surface area contributed by atoms with Gasteiger partial charge in [0.15, 0.2) is 17.5 Å². The summed E-state index contributed by atoms with van der Waals surface area (Å²) in [5.41, 5.74) is 20.9. The quantitative estimate of drug-likeness (QED) is 0.168. The lowest BCUT2D eigenvalue weighted by Gasteiger charge is -2.32. The summed E-state index contributed by atoms with van der Waals surface area (Å²) < 4.78 is 0. The van der Waals surface area contributed by atoms with Gasteiger partial charge in [0.25, 0.3) is 0 Å². The van der Waals surface area contributed by atoms with Crippen LogP contribution in [0.1, 0.15) is 22.3 Å². The van der Waals surface area contributed by atoms with E-state index in [1.165, 1.54) is 55.6 Å². The fourth-order valence-corrected chi connectivity index (χ4v) is 10.5. The minimum Gasteiger partial charge on any atom is -0.256 e. The van der Waals surface area contributed by atoms with Crippen LogP contribution in [0.2, 0.25) is 0 Å². The number of aromatic nitrogens is 4. The second-order valence-electron chi connectivity index (χ2n) is 16.9. The lowest BCUT2D eigenvalue weighted by molar-refractivity contribution is 0.796. The first kappa shape index (κ1) is 37.0. The van der Waals surface area contributed by atoms with Gasteiger partial charge in [-0.05, 0) is 78.4 Å². The average molecular weight is 827 g/mol. The summed E-state index contributed by atoms with van der Waals surface area (Å²) in [4.78, 5) is 19.8. The summed E-state index contributed by atoms with van der Waals surface area (Å²) in [6.45, 7) is 0. The largest absolute Gasteiger partial charge is 0.256 e. The Balaban J connectivity index is 0.852. The van der Waals surface area contributed by atoms with Gasteiger partial charge in [0, 0.05) is 33.8 Å². The Hall–Kier alpha value is -8.60. The van der Waals surface area contributed by atoms with Gasteiger partial charge >= 0.3 is 0 Å². The van der Waals surface area contributed by atoms with E-state index in [1.54, 1.807) is 0 Å². The number of pyridine rings is 1. The van der Waals surface area contributed by atoms with E-state index >= 15 is 0 Å². The molecular formula is C61H38N4. The summed E-state index contributed by atoms with van der Waals surface area (Å²) in [5.74, 6) is 1.88. The zero-order valence-electron chi connectivity index (χ0n) is 35.2. The number of hydrogen-bond donors (Lipinski definition) is 0. The molecule has 0 bridgehead atoms. The van der Waals surface area contributed by atoms with E-state index in [0.29, 0.717) is 17.5 Å². The Labute approximate surface area is 377 Å². The predicted octanol–water partition coefficient (Wildman–Crippen LogP) is 14.8. The molecule has 302 valence electrons. The molecule has 0 saturated carbocycles. The highest BCUT2D eigenvalue weighted by molar-refractivity contribution is 5.99. The zero-order valence-corrected chi connectivity index (χ0v) is 35.2. The van der Waals surface area contributed by atoms with Crippen LogP contribution >= 0.6 is 0 Å². The minimum absolute atomic E-state index is 0.405. The lowest BCUT2D eigenvalue weighted by atomic mass is 9.68. The SMILES string of the molecule is c1ccc(-c2nc(-c3ccc(-c4ccc(-c5cccc6c5C5(c7ccccc7-c7ccccc75)c5ccccc5-6)cc4)cc3)nc(-c3ccc(-c4cccc5cccnc45)cc3)n2)cc1. The molecule has 0 radical (unpaired) electrons. The van der Waals surface area contributed by atoms with Crippen LogP contribution in [0.15, 0.2) is 231 Å². The molecule has 65 heavy (non-hydrogen) atoms. The lowest BCUT2D eigenvalue weighted by Crippen LogP contribution is -2.26. The van der Waals surface area contributed by atoms with Crippen LogP contribution in [0, 0.1) is 0 Å². The molecule has 2 aliphatic carbocycles. The van der Waals surface area contributed by atoms with Crippen LogP contribution in [0.3, 0.4) is 0 Å². The van der Waals surface area contributed by atoms with Gasteiger partial charge < -0.3 is 0 Å². The van der Waals surface area contributed by atoms with Crippen molar-refractivity contribution in [2.24, 2.45) is 0 Å². The van der Waals surface area contributed by atoms with Gasteiger partial charge in [0.2, 0.25) is 0 Å². The van der Waals surface area contributed by atoms with Crippen LogP contribution < -0.4 is 0 Å². The molecule has 2 aromatic heterocycles. The fraction of sp³-hybridized carbons (Fsp3) is 0.0164. The van der Waals surface area contributed by atoms with Crippen molar-refractivity contribution in [3.05, 3.63) is 253 Å². The van der Waals surface area contributed by atoms with Crippen molar-refractivity contribution in [3.63, 3.8) is 0 Å². The van der Waals surface area contributed by atoms with Crippen molar-refractivity contribution in [2.45, 2.75) is 5.41 Å². The maximum atomic E-state index is 5.07. The molecule has 2 heterocycles. The monoisotopic (exact) mass is 826 g/mol. The van der Waals surface area contributed by atoms with Crippen LogP contribution in [0.25, 0.3) is 101 Å². The van der Waals surface area contributed by atoms with Gasteiger partial charge in [-0.2, -0.15) is 0 Å². The van der Waals surface area contributed by atoms with Gasteiger partial charge in [0.1, 0.15) is 0 Å². The van der Waals surface area contributed by atoms with E-state index in [2.05, 4.69) is 193 Å². The molecule has 4 heteroatoms. The summed E-state index contributed by atoms with van der Waals surface area (Å²) in [6.07, 6.45) is 1.85. The van der Waals surface area contributed by atoms with E-state index in [-0.39, 0.29) is 0 Å². The van der Waals surface area contributed by atoms with Crippen LogP contribution in [-0.4, -0.2) is 19.9 Å². The first-order valence-electron chi connectivity index (χ1n) is 22.1. The van der Waals surface area contributed by atoms with E-state index in [4.69, 9.17) is 15.0 Å². The molecule has 0 atom stereocenters. The number of para-hydroxylation sites is 1. The van der Waals surface area contributed by atoms with Crippen LogP contribution in [0.5, 0.6) is 0 Å². The van der Waals surface area contributed by atoms with Crippen molar-refractivity contribution in [1.29, 1.82) is 0 Å². The molecule has 11 aromatic rings. The molecule has 0 N–H and O–H groups in total. The van der Waals surface area contributed by atoms with Crippen molar-refractivity contribution >= 4 is 10.9 Å². The van der Waals surface area contributed by atoms with E-state index in [9.17, 15) is 0 Å². The molecule has 1 spiro atoms. The molecule has 4 nitrogen and oxygen atoms in total. The third-order valence-corrected chi connectivity index (χ3v) is 13.4. The molecule has 2 aliphatic rings. The first-order chi connectivity index (χ1) is 32.2. The molecule has 0 fully saturated rings. The van der Waals surface area contributed by atoms with Gasteiger partial charge in [-0.15, -0.1) is 0 Å². The number of hydrogen-bond acceptors (Lipinski definition) is 4. The zero-order chi connectivity index (χ0) is 42.9. The van der Waals surface area contributed by atoms with Gasteiger partial charge in [0.05, 0.1) is 10.9 Å². The van der Waals surface area contributed by atoms with Crippen LogP contribution in [-0.2, 0) is 5.41 Å². The maximum Gasteiger partial charge on any atom is 0.164 e. The molecule has 13 rings (SSSR count). The van der Waals surface area contributed by atoms with Crippen molar-refractivity contribution in [2.75, 3.05) is 0 Å². The number of fused-ring (bicyclic) bond motifs is 11. The first-order valence-corrected chi connectivity index (χ1v) is 22.1. The molecule has 0 amide bonds. The summed E-state index contributed by atoms with van der Waals surface area (Å²) in [5, 5.41) is 1.11. The normalized spacial score (nSPS) is 12.7. The van der Waals surface area contributed by atoms with E-state index in [1.807, 2.05) is 42.6 Å². The Morgan fingerprint density at radius 1 is 0.262 bits per heavy atom. The second kappa shape index (κ2) is 14.8. The number of benzene rings is 9. The molecule has 0 unspecified atom stereocenters. The third-order valence-electron chi connectivity index (χ3n) is 13.4. The highest BCUT2D eigenvalue weighted by atomic mass is 15.0. The molecule has 0 aliphatic heterocycles. The van der Waals surface area contributed by atoms with Crippen molar-refractivity contribution < 1.29 is 0 Å². The topological polar surface area (TPSA) is 51.6 Å². The average Bonchev–Trinajstić information content (AvgIpc) is 3.86.